The third-order valence-corrected chi connectivity index (χ3v) is 8.79. The van der Waals surface area contributed by atoms with Crippen molar-refractivity contribution in [2.75, 3.05) is 0 Å². The van der Waals surface area contributed by atoms with E-state index in [-0.39, 0.29) is 22.9 Å². The molecule has 3 N–H and O–H groups in total. The predicted octanol–water partition coefficient (Wildman–Crippen LogP) is 3.37. The van der Waals surface area contributed by atoms with Gasteiger partial charge in [-0.25, -0.2) is 4.79 Å². The Morgan fingerprint density at radius 1 is 1.16 bits per heavy atom. The number of hydrogen-bond donors (Lipinski definition) is 3. The van der Waals surface area contributed by atoms with E-state index in [4.69, 9.17) is 0 Å². The van der Waals surface area contributed by atoms with E-state index >= 15 is 0 Å². The molecule has 0 heterocycles. The van der Waals surface area contributed by atoms with Crippen LogP contribution in [0.1, 0.15) is 65.2 Å². The van der Waals surface area contributed by atoms with Crippen LogP contribution in [0.4, 0.5) is 0 Å². The second kappa shape index (κ2) is 5.82. The first-order valence-corrected chi connectivity index (χ1v) is 10.1. The second-order valence-corrected chi connectivity index (χ2v) is 9.67. The average Bonchev–Trinajstić information content (AvgIpc) is 2.92. The number of allylic oxidation sites excluding steroid dienone is 1. The Morgan fingerprint density at radius 3 is 2.64 bits per heavy atom. The topological polar surface area (TPSA) is 77.8 Å². The molecule has 8 unspecified atom stereocenters. The van der Waals surface area contributed by atoms with Crippen molar-refractivity contribution < 1.29 is 20.1 Å². The molecule has 0 amide bonds. The van der Waals surface area contributed by atoms with E-state index in [0.29, 0.717) is 17.8 Å². The number of rotatable bonds is 2. The molecule has 140 valence electrons. The summed E-state index contributed by atoms with van der Waals surface area (Å²) in [5, 5.41) is 29.6. The Hall–Kier alpha value is -0.870. The molecule has 4 aliphatic carbocycles. The fourth-order valence-electron chi connectivity index (χ4n) is 7.37. The third kappa shape index (κ3) is 2.43. The van der Waals surface area contributed by atoms with Gasteiger partial charge in [-0.15, -0.1) is 0 Å². The van der Waals surface area contributed by atoms with Gasteiger partial charge < -0.3 is 15.3 Å². The maximum Gasteiger partial charge on any atom is 0.332 e. The first-order chi connectivity index (χ1) is 11.8. The van der Waals surface area contributed by atoms with Crippen LogP contribution in [0, 0.1) is 34.5 Å². The first kappa shape index (κ1) is 17.5. The Bertz CT molecular complexity index is 599. The van der Waals surface area contributed by atoms with Crippen LogP contribution in [0.25, 0.3) is 0 Å². The zero-order valence-electron chi connectivity index (χ0n) is 15.4. The van der Waals surface area contributed by atoms with Crippen molar-refractivity contribution in [3.63, 3.8) is 0 Å². The minimum Gasteiger partial charge on any atom is -0.479 e. The van der Waals surface area contributed by atoms with Gasteiger partial charge in [0, 0.05) is 5.92 Å². The number of fused-ring (bicyclic) bond motifs is 5. The van der Waals surface area contributed by atoms with Gasteiger partial charge in [0.25, 0.3) is 0 Å². The van der Waals surface area contributed by atoms with E-state index in [9.17, 15) is 20.1 Å². The van der Waals surface area contributed by atoms with Crippen LogP contribution in [0.3, 0.4) is 0 Å². The molecule has 0 aromatic rings. The molecule has 0 aromatic heterocycles. The van der Waals surface area contributed by atoms with Crippen molar-refractivity contribution in [3.05, 3.63) is 11.6 Å². The fourth-order valence-corrected chi connectivity index (χ4v) is 7.37. The van der Waals surface area contributed by atoms with Crippen LogP contribution in [-0.4, -0.2) is 33.5 Å². The van der Waals surface area contributed by atoms with Crippen molar-refractivity contribution in [2.45, 2.75) is 77.4 Å². The number of aliphatic hydroxyl groups excluding tert-OH is 2. The van der Waals surface area contributed by atoms with Gasteiger partial charge in [0.2, 0.25) is 0 Å². The molecule has 0 bridgehead atoms. The molecule has 4 heteroatoms. The largest absolute Gasteiger partial charge is 0.479 e. The molecule has 25 heavy (non-hydrogen) atoms. The first-order valence-electron chi connectivity index (χ1n) is 10.1. The minimum atomic E-state index is -1.22. The molecule has 3 fully saturated rings. The number of carbonyl (C=O) groups is 1. The highest BCUT2D eigenvalue weighted by atomic mass is 16.4. The maximum absolute atomic E-state index is 11.4. The number of aliphatic carboxylic acids is 1. The van der Waals surface area contributed by atoms with Gasteiger partial charge >= 0.3 is 5.97 Å². The molecule has 4 nitrogen and oxygen atoms in total. The lowest BCUT2D eigenvalue weighted by Crippen LogP contribution is -2.51. The van der Waals surface area contributed by atoms with Gasteiger partial charge in [-0.1, -0.05) is 25.5 Å². The van der Waals surface area contributed by atoms with Crippen molar-refractivity contribution in [3.8, 4) is 0 Å². The standard InChI is InChI=1S/C21H32O4/c1-20-9-7-13(22)11-12(20)3-4-14-15-5-6-17(18(23)19(24)25)21(15,2)10-8-16(14)20/h3,13-18,22-23H,4-11H2,1-2H3,(H,24,25). The Balaban J connectivity index is 1.63. The summed E-state index contributed by atoms with van der Waals surface area (Å²) < 4.78 is 0. The normalized spacial score (nSPS) is 50.2. The van der Waals surface area contributed by atoms with Gasteiger partial charge in [0.1, 0.15) is 0 Å². The zero-order chi connectivity index (χ0) is 18.0. The van der Waals surface area contributed by atoms with E-state index in [1.165, 1.54) is 5.57 Å². The Kier molecular flexibility index (Phi) is 4.08. The maximum atomic E-state index is 11.4. The van der Waals surface area contributed by atoms with Crippen molar-refractivity contribution in [1.82, 2.24) is 0 Å². The Morgan fingerprint density at radius 2 is 1.92 bits per heavy atom. The molecule has 4 rings (SSSR count). The molecular weight excluding hydrogens is 316 g/mol. The molecule has 4 aliphatic rings. The number of aliphatic hydroxyl groups is 2. The van der Waals surface area contributed by atoms with E-state index in [2.05, 4.69) is 19.9 Å². The molecule has 8 atom stereocenters. The Labute approximate surface area is 150 Å². The quantitative estimate of drug-likeness (QED) is 0.669. The lowest BCUT2D eigenvalue weighted by Gasteiger charge is -2.58. The van der Waals surface area contributed by atoms with Crippen molar-refractivity contribution in [2.24, 2.45) is 34.5 Å². The van der Waals surface area contributed by atoms with E-state index in [1.807, 2.05) is 0 Å². The lowest BCUT2D eigenvalue weighted by molar-refractivity contribution is -0.154. The smallest absolute Gasteiger partial charge is 0.332 e. The highest BCUT2D eigenvalue weighted by Crippen LogP contribution is 2.66. The van der Waals surface area contributed by atoms with Crippen LogP contribution < -0.4 is 0 Å². The molecule has 0 aliphatic heterocycles. The summed E-state index contributed by atoms with van der Waals surface area (Å²) in [7, 11) is 0. The summed E-state index contributed by atoms with van der Waals surface area (Å²) in [4.78, 5) is 11.4. The summed E-state index contributed by atoms with van der Waals surface area (Å²) in [6.07, 6.45) is 8.93. The second-order valence-electron chi connectivity index (χ2n) is 9.67. The van der Waals surface area contributed by atoms with Gasteiger partial charge in [0.05, 0.1) is 6.10 Å². The molecule has 0 aromatic carbocycles. The SMILES string of the molecule is CC12CCC(O)CC1=CCC1C2CCC2(C)C(C(O)C(=O)O)CCC12. The van der Waals surface area contributed by atoms with Crippen LogP contribution >= 0.6 is 0 Å². The van der Waals surface area contributed by atoms with E-state index in [1.54, 1.807) is 0 Å². The highest BCUT2D eigenvalue weighted by Gasteiger charge is 2.60. The summed E-state index contributed by atoms with van der Waals surface area (Å²) in [6, 6.07) is 0. The lowest BCUT2D eigenvalue weighted by atomic mass is 9.47. The van der Waals surface area contributed by atoms with Gasteiger partial charge in [-0.05, 0) is 80.0 Å². The van der Waals surface area contributed by atoms with Crippen molar-refractivity contribution in [1.29, 1.82) is 0 Å². The van der Waals surface area contributed by atoms with Gasteiger partial charge in [-0.3, -0.25) is 0 Å². The average molecular weight is 348 g/mol. The number of carboxylic acids is 1. The predicted molar refractivity (Wildman–Crippen MR) is 94.8 cm³/mol. The van der Waals surface area contributed by atoms with Crippen LogP contribution in [-0.2, 0) is 4.79 Å². The van der Waals surface area contributed by atoms with Gasteiger partial charge in [-0.2, -0.15) is 0 Å². The summed E-state index contributed by atoms with van der Waals surface area (Å²) in [6.45, 7) is 4.65. The summed E-state index contributed by atoms with van der Waals surface area (Å²) in [5.41, 5.74) is 1.64. The molecule has 0 radical (unpaired) electrons. The molecule has 0 spiro atoms. The summed E-state index contributed by atoms with van der Waals surface area (Å²) in [5.74, 6) is 0.606. The zero-order valence-corrected chi connectivity index (χ0v) is 15.4. The van der Waals surface area contributed by atoms with Crippen LogP contribution in [0.15, 0.2) is 11.6 Å². The molecular formula is C21H32O4. The fraction of sp³-hybridized carbons (Fsp3) is 0.857. The van der Waals surface area contributed by atoms with Crippen molar-refractivity contribution >= 4 is 5.97 Å². The number of carboxylic acid groups (broad SMARTS) is 1. The molecule has 3 saturated carbocycles. The van der Waals surface area contributed by atoms with Gasteiger partial charge in [0.15, 0.2) is 6.10 Å². The minimum absolute atomic E-state index is 0.0468. The third-order valence-electron chi connectivity index (χ3n) is 8.79. The van der Waals surface area contributed by atoms with Crippen LogP contribution in [0.5, 0.6) is 0 Å². The summed E-state index contributed by atoms with van der Waals surface area (Å²) >= 11 is 0. The molecule has 0 saturated heterocycles. The highest BCUT2D eigenvalue weighted by molar-refractivity contribution is 5.72. The van der Waals surface area contributed by atoms with Crippen LogP contribution in [0.2, 0.25) is 0 Å². The van der Waals surface area contributed by atoms with E-state index < -0.39 is 12.1 Å². The van der Waals surface area contributed by atoms with E-state index in [0.717, 1.165) is 51.4 Å². The monoisotopic (exact) mass is 348 g/mol. The number of hydrogen-bond acceptors (Lipinski definition) is 3.